The van der Waals surface area contributed by atoms with Crippen LogP contribution in [0.1, 0.15) is 24.1 Å². The maximum atomic E-state index is 12.1. The van der Waals surface area contributed by atoms with Gasteiger partial charge in [-0.1, -0.05) is 29.8 Å². The Balaban J connectivity index is 2.41. The molecule has 0 bridgehead atoms. The van der Waals surface area contributed by atoms with Crippen LogP contribution in [0.25, 0.3) is 0 Å². The summed E-state index contributed by atoms with van der Waals surface area (Å²) in [5, 5.41) is -0.451. The largest absolute Gasteiger partial charge is 0.326 e. The summed E-state index contributed by atoms with van der Waals surface area (Å²) in [5.41, 5.74) is 8.48. The number of benzene rings is 1. The first kappa shape index (κ1) is 16.8. The molecule has 4 nitrogen and oxygen atoms in total. The van der Waals surface area contributed by atoms with Crippen LogP contribution >= 0.6 is 11.8 Å². The first-order valence-corrected chi connectivity index (χ1v) is 10.3. The van der Waals surface area contributed by atoms with Gasteiger partial charge >= 0.3 is 0 Å². The maximum Gasteiger partial charge on any atom is 0.164 e. The van der Waals surface area contributed by atoms with Crippen molar-refractivity contribution in [1.82, 2.24) is 4.90 Å². The molecule has 1 aromatic rings. The summed E-state index contributed by atoms with van der Waals surface area (Å²) in [6.07, 6.45) is 1.32. The molecule has 6 heteroatoms. The highest BCUT2D eigenvalue weighted by Crippen LogP contribution is 2.32. The van der Waals surface area contributed by atoms with Gasteiger partial charge in [0.15, 0.2) is 9.84 Å². The Morgan fingerprint density at radius 1 is 1.43 bits per heavy atom. The second-order valence-electron chi connectivity index (χ2n) is 5.82. The molecular weight excluding hydrogens is 304 g/mol. The summed E-state index contributed by atoms with van der Waals surface area (Å²) < 4.78 is 24.3. The molecule has 0 spiro atoms. The lowest BCUT2D eigenvalue weighted by molar-refractivity contribution is 0.172. The zero-order valence-corrected chi connectivity index (χ0v) is 14.5. The van der Waals surface area contributed by atoms with Crippen LogP contribution in [0.2, 0.25) is 0 Å². The van der Waals surface area contributed by atoms with Crippen LogP contribution < -0.4 is 5.73 Å². The number of hydrogen-bond donors (Lipinski definition) is 1. The van der Waals surface area contributed by atoms with E-state index in [2.05, 4.69) is 11.0 Å². The molecule has 0 aromatic heterocycles. The summed E-state index contributed by atoms with van der Waals surface area (Å²) in [7, 11) is -3.12. The molecule has 1 fully saturated rings. The normalized spacial score (nSPS) is 23.7. The van der Waals surface area contributed by atoms with E-state index < -0.39 is 15.2 Å². The van der Waals surface area contributed by atoms with Gasteiger partial charge < -0.3 is 5.73 Å². The smallest absolute Gasteiger partial charge is 0.164 e. The van der Waals surface area contributed by atoms with E-state index in [0.717, 1.165) is 17.9 Å². The quantitative estimate of drug-likeness (QED) is 0.913. The van der Waals surface area contributed by atoms with Crippen molar-refractivity contribution in [3.05, 3.63) is 35.4 Å². The van der Waals surface area contributed by atoms with Crippen molar-refractivity contribution in [3.8, 4) is 0 Å². The number of rotatable bonds is 4. The van der Waals surface area contributed by atoms with Crippen molar-refractivity contribution >= 4 is 21.6 Å². The van der Waals surface area contributed by atoms with Crippen molar-refractivity contribution in [2.45, 2.75) is 31.3 Å². The van der Waals surface area contributed by atoms with Crippen molar-refractivity contribution in [1.29, 1.82) is 0 Å². The van der Waals surface area contributed by atoms with E-state index in [1.807, 2.05) is 32.0 Å². The molecule has 1 saturated heterocycles. The maximum absolute atomic E-state index is 12.1. The molecule has 0 saturated carbocycles. The number of thioether (sulfide) groups is 1. The predicted molar refractivity (Wildman–Crippen MR) is 90.2 cm³/mol. The third-order valence-electron chi connectivity index (χ3n) is 3.86. The monoisotopic (exact) mass is 328 g/mol. The van der Waals surface area contributed by atoms with Gasteiger partial charge in [0.05, 0.1) is 6.04 Å². The summed E-state index contributed by atoms with van der Waals surface area (Å²) in [6.45, 7) is 4.75. The fourth-order valence-corrected chi connectivity index (χ4v) is 5.84. The number of aryl methyl sites for hydroxylation is 1. The Bertz CT molecular complexity index is 587. The molecule has 1 aliphatic heterocycles. The number of nitrogens with two attached hydrogens (primary N) is 1. The fourth-order valence-electron chi connectivity index (χ4n) is 2.93. The standard InChI is InChI=1S/C15H24N2O2S2/c1-11-5-4-6-13(9-11)15(12(2)16)17-7-8-20-10-14(17)21(3,18)19/h4-6,9,12,14-15H,7-8,10,16H2,1-3H3. The van der Waals surface area contributed by atoms with Gasteiger partial charge in [-0.3, -0.25) is 4.90 Å². The number of nitrogens with zero attached hydrogens (tertiary/aromatic N) is 1. The molecule has 0 amide bonds. The molecule has 0 radical (unpaired) electrons. The Kier molecular flexibility index (Phi) is 5.35. The van der Waals surface area contributed by atoms with Gasteiger partial charge in [0.25, 0.3) is 0 Å². The molecule has 3 atom stereocenters. The second-order valence-corrected chi connectivity index (χ2v) is 9.17. The van der Waals surface area contributed by atoms with E-state index >= 15 is 0 Å². The molecule has 2 N–H and O–H groups in total. The Morgan fingerprint density at radius 3 is 2.71 bits per heavy atom. The van der Waals surface area contributed by atoms with Crippen molar-refractivity contribution in [3.63, 3.8) is 0 Å². The Morgan fingerprint density at radius 2 is 2.14 bits per heavy atom. The van der Waals surface area contributed by atoms with Crippen LogP contribution in [0.5, 0.6) is 0 Å². The Labute approximate surface area is 132 Å². The average molecular weight is 329 g/mol. The average Bonchev–Trinajstić information content (AvgIpc) is 2.38. The van der Waals surface area contributed by atoms with E-state index in [0.29, 0.717) is 5.75 Å². The first-order chi connectivity index (χ1) is 9.80. The van der Waals surface area contributed by atoms with E-state index in [1.54, 1.807) is 11.8 Å². The van der Waals surface area contributed by atoms with Gasteiger partial charge in [0.1, 0.15) is 5.37 Å². The van der Waals surface area contributed by atoms with Crippen LogP contribution in [0.15, 0.2) is 24.3 Å². The van der Waals surface area contributed by atoms with Gasteiger partial charge in [0, 0.05) is 30.3 Å². The van der Waals surface area contributed by atoms with E-state index in [1.165, 1.54) is 11.8 Å². The zero-order valence-electron chi connectivity index (χ0n) is 12.8. The van der Waals surface area contributed by atoms with Crippen LogP contribution in [-0.2, 0) is 9.84 Å². The molecule has 118 valence electrons. The summed E-state index contributed by atoms with van der Waals surface area (Å²) in [5.74, 6) is 1.56. The third-order valence-corrected chi connectivity index (χ3v) is 6.52. The Hall–Kier alpha value is -0.560. The van der Waals surface area contributed by atoms with Crippen molar-refractivity contribution in [2.24, 2.45) is 5.73 Å². The van der Waals surface area contributed by atoms with Gasteiger partial charge in [0.2, 0.25) is 0 Å². The fraction of sp³-hybridized carbons (Fsp3) is 0.600. The predicted octanol–water partition coefficient (Wildman–Crippen LogP) is 1.80. The second kappa shape index (κ2) is 6.69. The molecule has 1 aromatic carbocycles. The highest BCUT2D eigenvalue weighted by Gasteiger charge is 2.37. The minimum absolute atomic E-state index is 0.0643. The van der Waals surface area contributed by atoms with Crippen LogP contribution in [0.3, 0.4) is 0 Å². The SMILES string of the molecule is Cc1cccc(C(C(C)N)N2CCSCC2S(C)(=O)=O)c1. The summed E-state index contributed by atoms with van der Waals surface area (Å²) in [6, 6.07) is 8.01. The van der Waals surface area contributed by atoms with Crippen LogP contribution in [-0.4, -0.2) is 49.0 Å². The highest BCUT2D eigenvalue weighted by atomic mass is 32.2. The topological polar surface area (TPSA) is 63.4 Å². The molecule has 1 heterocycles. The van der Waals surface area contributed by atoms with Crippen LogP contribution in [0, 0.1) is 6.92 Å². The number of sulfone groups is 1. The minimum atomic E-state index is -3.12. The van der Waals surface area contributed by atoms with Crippen LogP contribution in [0.4, 0.5) is 0 Å². The van der Waals surface area contributed by atoms with E-state index in [4.69, 9.17) is 5.73 Å². The first-order valence-electron chi connectivity index (χ1n) is 7.15. The minimum Gasteiger partial charge on any atom is -0.326 e. The summed E-state index contributed by atoms with van der Waals surface area (Å²) in [4.78, 5) is 2.07. The molecule has 0 aliphatic carbocycles. The lowest BCUT2D eigenvalue weighted by Gasteiger charge is -2.41. The molecule has 21 heavy (non-hydrogen) atoms. The van der Waals surface area contributed by atoms with E-state index in [-0.39, 0.29) is 12.1 Å². The molecule has 3 unspecified atom stereocenters. The zero-order chi connectivity index (χ0) is 15.6. The van der Waals surface area contributed by atoms with Gasteiger partial charge in [-0.15, -0.1) is 0 Å². The molecule has 1 aliphatic rings. The summed E-state index contributed by atoms with van der Waals surface area (Å²) >= 11 is 1.70. The lowest BCUT2D eigenvalue weighted by Crippen LogP contribution is -2.52. The van der Waals surface area contributed by atoms with Gasteiger partial charge in [-0.25, -0.2) is 8.42 Å². The van der Waals surface area contributed by atoms with Gasteiger partial charge in [-0.05, 0) is 19.4 Å². The third kappa shape index (κ3) is 4.00. The van der Waals surface area contributed by atoms with Crippen molar-refractivity contribution < 1.29 is 8.42 Å². The molecule has 2 rings (SSSR count). The lowest BCUT2D eigenvalue weighted by atomic mass is 9.97. The van der Waals surface area contributed by atoms with Gasteiger partial charge in [-0.2, -0.15) is 11.8 Å². The number of hydrogen-bond acceptors (Lipinski definition) is 5. The van der Waals surface area contributed by atoms with E-state index in [9.17, 15) is 8.42 Å². The molecular formula is C15H24N2O2S2. The highest BCUT2D eigenvalue weighted by molar-refractivity contribution is 8.00. The van der Waals surface area contributed by atoms with Crippen molar-refractivity contribution in [2.75, 3.05) is 24.3 Å².